The zero-order valence-electron chi connectivity index (χ0n) is 20.8. The molecular weight excluding hydrogens is 606 g/mol. The molecule has 1 fully saturated rings. The third-order valence-electron chi connectivity index (χ3n) is 5.71. The molecule has 1 aliphatic carbocycles. The number of thioether (sulfide) groups is 1. The Balaban J connectivity index is 2.00. The summed E-state index contributed by atoms with van der Waals surface area (Å²) in [7, 11) is -4.65. The van der Waals surface area contributed by atoms with Crippen LogP contribution in [0.2, 0.25) is 10.0 Å². The summed E-state index contributed by atoms with van der Waals surface area (Å²) in [5.41, 5.74) is -0.831. The van der Waals surface area contributed by atoms with Crippen LogP contribution < -0.4 is 10.0 Å². The summed E-state index contributed by atoms with van der Waals surface area (Å²) in [6.45, 7) is 3.77. The molecule has 0 aliphatic heterocycles. The molecule has 7 nitrogen and oxygen atoms in total. The third kappa shape index (κ3) is 7.98. The predicted molar refractivity (Wildman–Crippen MR) is 145 cm³/mol. The fourth-order valence-corrected chi connectivity index (χ4v) is 8.28. The average molecular weight is 635 g/mol. The van der Waals surface area contributed by atoms with Crippen LogP contribution in [0.3, 0.4) is 0 Å². The van der Waals surface area contributed by atoms with Gasteiger partial charge in [-0.15, -0.1) is 23.1 Å². The number of benzene rings is 1. The first kappa shape index (κ1) is 31.4. The van der Waals surface area contributed by atoms with Crippen LogP contribution in [0.4, 0.5) is 13.2 Å². The van der Waals surface area contributed by atoms with Crippen LogP contribution in [0.1, 0.15) is 62.7 Å². The highest BCUT2D eigenvalue weighted by Gasteiger charge is 2.39. The fourth-order valence-electron chi connectivity index (χ4n) is 3.64. The van der Waals surface area contributed by atoms with E-state index in [1.165, 1.54) is 17.8 Å². The number of sulfonamides is 1. The van der Waals surface area contributed by atoms with Crippen molar-refractivity contribution < 1.29 is 31.5 Å². The quantitative estimate of drug-likeness (QED) is 0.300. The smallest absolute Gasteiger partial charge is 0.389 e. The number of hydrogen-bond donors (Lipinski definition) is 3. The molecule has 1 aromatic carbocycles. The van der Waals surface area contributed by atoms with Gasteiger partial charge in [0.15, 0.2) is 5.01 Å². The molecule has 0 spiro atoms. The minimum atomic E-state index is -4.79. The van der Waals surface area contributed by atoms with E-state index >= 15 is 0 Å². The molecule has 212 valence electrons. The van der Waals surface area contributed by atoms with Gasteiger partial charge in [-0.3, -0.25) is 4.79 Å². The van der Waals surface area contributed by atoms with Gasteiger partial charge in [-0.05, 0) is 39.7 Å². The summed E-state index contributed by atoms with van der Waals surface area (Å²) in [5, 5.41) is 12.8. The first-order valence-corrected chi connectivity index (χ1v) is 15.7. The van der Waals surface area contributed by atoms with Gasteiger partial charge < -0.3 is 10.4 Å². The summed E-state index contributed by atoms with van der Waals surface area (Å²) in [4.78, 5) is 17.2. The molecular formula is C23H28Cl2F3N3O4S3. The zero-order chi connectivity index (χ0) is 28.5. The van der Waals surface area contributed by atoms with Crippen molar-refractivity contribution in [2.75, 3.05) is 6.54 Å². The van der Waals surface area contributed by atoms with Crippen molar-refractivity contribution in [2.24, 2.45) is 0 Å². The van der Waals surface area contributed by atoms with Crippen molar-refractivity contribution in [1.29, 1.82) is 0 Å². The van der Waals surface area contributed by atoms with Gasteiger partial charge in [0.05, 0.1) is 20.5 Å². The van der Waals surface area contributed by atoms with Crippen LogP contribution in [0.15, 0.2) is 22.1 Å². The summed E-state index contributed by atoms with van der Waals surface area (Å²) >= 11 is 15.3. The lowest BCUT2D eigenvalue weighted by molar-refractivity contribution is -0.147. The molecule has 1 amide bonds. The van der Waals surface area contributed by atoms with E-state index in [0.717, 1.165) is 49.5 Å². The van der Waals surface area contributed by atoms with E-state index in [1.807, 2.05) is 0 Å². The topological polar surface area (TPSA) is 108 Å². The van der Waals surface area contributed by atoms with Gasteiger partial charge in [-0.1, -0.05) is 48.5 Å². The maximum Gasteiger partial charge on any atom is 0.404 e. The van der Waals surface area contributed by atoms with Gasteiger partial charge >= 0.3 is 6.18 Å². The highest BCUT2D eigenvalue weighted by molar-refractivity contribution is 8.00. The number of carbonyl (C=O) groups is 1. The van der Waals surface area contributed by atoms with E-state index in [-0.39, 0.29) is 21.8 Å². The number of nitrogens with one attached hydrogen (secondary N) is 2. The Bertz CT molecular complexity index is 1280. The van der Waals surface area contributed by atoms with E-state index < -0.39 is 43.7 Å². The van der Waals surface area contributed by atoms with Gasteiger partial charge in [-0.2, -0.15) is 17.9 Å². The molecule has 1 atom stereocenters. The fraction of sp³-hybridized carbons (Fsp3) is 0.565. The minimum Gasteiger partial charge on any atom is -0.389 e. The monoisotopic (exact) mass is 633 g/mol. The second-order valence-corrected chi connectivity index (χ2v) is 14.4. The minimum absolute atomic E-state index is 0.00562. The van der Waals surface area contributed by atoms with Crippen LogP contribution in [0.25, 0.3) is 10.4 Å². The van der Waals surface area contributed by atoms with Gasteiger partial charge in [0.1, 0.15) is 16.0 Å². The Kier molecular flexibility index (Phi) is 10.1. The molecule has 15 heteroatoms. The Hall–Kier alpha value is -1.09. The maximum absolute atomic E-state index is 12.9. The van der Waals surface area contributed by atoms with Crippen molar-refractivity contribution in [1.82, 2.24) is 15.0 Å². The van der Waals surface area contributed by atoms with Crippen LogP contribution in [-0.4, -0.2) is 54.0 Å². The van der Waals surface area contributed by atoms with Crippen LogP contribution in [0, 0.1) is 0 Å². The molecule has 2 aromatic rings. The van der Waals surface area contributed by atoms with E-state index in [0.29, 0.717) is 22.4 Å². The molecule has 1 aromatic heterocycles. The van der Waals surface area contributed by atoms with Gasteiger partial charge in [0.25, 0.3) is 5.91 Å². The Morgan fingerprint density at radius 2 is 1.84 bits per heavy atom. The number of nitrogens with zero attached hydrogens (tertiary/aromatic N) is 1. The second kappa shape index (κ2) is 12.2. The summed E-state index contributed by atoms with van der Waals surface area (Å²) < 4.78 is 65.7. The van der Waals surface area contributed by atoms with E-state index in [1.54, 1.807) is 18.6 Å². The Morgan fingerprint density at radius 1 is 1.21 bits per heavy atom. The first-order chi connectivity index (χ1) is 17.5. The molecule has 0 radical (unpaired) electrons. The molecule has 1 saturated carbocycles. The lowest BCUT2D eigenvalue weighted by atomic mass is 10.0. The highest BCUT2D eigenvalue weighted by atomic mass is 35.5. The van der Waals surface area contributed by atoms with E-state index in [9.17, 15) is 31.5 Å². The third-order valence-corrected chi connectivity index (χ3v) is 10.8. The normalized spacial score (nSPS) is 16.4. The number of rotatable bonds is 9. The number of carbonyl (C=O) groups excluding carboxylic acids is 1. The number of alkyl halides is 3. The van der Waals surface area contributed by atoms with Crippen molar-refractivity contribution in [3.8, 4) is 10.4 Å². The molecule has 0 saturated heterocycles. The number of thiazole rings is 1. The standard InChI is InChI=1S/C23H28Cl2F3N3O4S3/c1-12(23(26,27)28)31-38(34,35)15-10-9-14(16(24)17(15)25)18-20(36-13-7-5-4-6-8-13)30-21(37-18)19(32)29-11-22(2,3)33/h9-10,12-13,31,33H,4-8,11H2,1-3H3,(H,29,32). The zero-order valence-corrected chi connectivity index (χ0v) is 24.7. The molecule has 0 bridgehead atoms. The SMILES string of the molecule is CC(NS(=O)(=O)c1ccc(-c2sc(C(=O)NCC(C)(C)O)nc2SC2CCCCC2)c(Cl)c1Cl)C(F)(F)F. The van der Waals surface area contributed by atoms with Crippen molar-refractivity contribution in [2.45, 2.75) is 85.9 Å². The highest BCUT2D eigenvalue weighted by Crippen LogP contribution is 2.46. The van der Waals surface area contributed by atoms with Crippen molar-refractivity contribution in [3.05, 3.63) is 27.2 Å². The molecule has 3 N–H and O–H groups in total. The lowest BCUT2D eigenvalue weighted by Crippen LogP contribution is -2.43. The maximum atomic E-state index is 12.9. The second-order valence-electron chi connectivity index (χ2n) is 9.65. The number of amides is 1. The summed E-state index contributed by atoms with van der Waals surface area (Å²) in [5.74, 6) is -0.499. The number of aliphatic hydroxyl groups is 1. The molecule has 38 heavy (non-hydrogen) atoms. The average Bonchev–Trinajstić information content (AvgIpc) is 3.21. The molecule has 1 unspecified atom stereocenters. The van der Waals surface area contributed by atoms with Crippen molar-refractivity contribution in [3.63, 3.8) is 0 Å². The predicted octanol–water partition coefficient (Wildman–Crippen LogP) is 6.27. The first-order valence-electron chi connectivity index (χ1n) is 11.7. The number of halogens is 5. The molecule has 1 heterocycles. The molecule has 3 rings (SSSR count). The van der Waals surface area contributed by atoms with Crippen LogP contribution >= 0.6 is 46.3 Å². The Labute approximate surface area is 237 Å². The van der Waals surface area contributed by atoms with E-state index in [4.69, 9.17) is 23.2 Å². The molecule has 1 aliphatic rings. The number of hydrogen-bond acceptors (Lipinski definition) is 7. The Morgan fingerprint density at radius 3 is 2.42 bits per heavy atom. The van der Waals surface area contributed by atoms with Gasteiger partial charge in [0.2, 0.25) is 10.0 Å². The van der Waals surface area contributed by atoms with Gasteiger partial charge in [-0.25, -0.2) is 13.4 Å². The van der Waals surface area contributed by atoms with E-state index in [2.05, 4.69) is 10.3 Å². The number of aromatic nitrogens is 1. The summed E-state index contributed by atoms with van der Waals surface area (Å²) in [6.07, 6.45) is 0.424. The largest absolute Gasteiger partial charge is 0.404 e. The van der Waals surface area contributed by atoms with Crippen LogP contribution in [-0.2, 0) is 10.0 Å². The lowest BCUT2D eigenvalue weighted by Gasteiger charge is -2.20. The van der Waals surface area contributed by atoms with Gasteiger partial charge in [0, 0.05) is 17.4 Å². The van der Waals surface area contributed by atoms with Crippen molar-refractivity contribution >= 4 is 62.2 Å². The van der Waals surface area contributed by atoms with Crippen LogP contribution in [0.5, 0.6) is 0 Å². The summed E-state index contributed by atoms with van der Waals surface area (Å²) in [6, 6.07) is 0.0856.